The summed E-state index contributed by atoms with van der Waals surface area (Å²) in [5.41, 5.74) is 2.10. The molecule has 0 bridgehead atoms. The number of rotatable bonds is 74. The summed E-state index contributed by atoms with van der Waals surface area (Å²) in [6.07, 6.45) is 82.5. The molecule has 6 heteroatoms. The van der Waals surface area contributed by atoms with E-state index in [2.05, 4.69) is 78.0 Å². The molecule has 536 valence electrons. The largest absolute Gasteiger partial charge is 0.490 e. The molecule has 0 unspecified atom stereocenters. The lowest BCUT2D eigenvalue weighted by Crippen LogP contribution is -2.07. The fourth-order valence-corrected chi connectivity index (χ4v) is 12.9. The summed E-state index contributed by atoms with van der Waals surface area (Å²) in [7, 11) is 0. The average molecular weight is 1290 g/mol. The van der Waals surface area contributed by atoms with Crippen molar-refractivity contribution in [2.45, 2.75) is 427 Å². The molecule has 0 aliphatic heterocycles. The zero-order valence-corrected chi connectivity index (χ0v) is 62.6. The van der Waals surface area contributed by atoms with Crippen molar-refractivity contribution in [3.8, 4) is 34.5 Å². The zero-order chi connectivity index (χ0) is 65.8. The van der Waals surface area contributed by atoms with E-state index in [-0.39, 0.29) is 0 Å². The molecule has 0 aliphatic rings. The van der Waals surface area contributed by atoms with E-state index in [1.807, 2.05) is 0 Å². The molecule has 0 atom stereocenters. The van der Waals surface area contributed by atoms with E-state index in [0.29, 0.717) is 39.6 Å². The normalized spacial score (nSPS) is 11.6. The Morgan fingerprint density at radius 2 is 0.304 bits per heavy atom. The number of ether oxygens (including phenoxy) is 6. The predicted molar refractivity (Wildman–Crippen MR) is 406 cm³/mol. The van der Waals surface area contributed by atoms with E-state index in [4.69, 9.17) is 28.4 Å². The fraction of sp³-hybridized carbons (Fsp3) is 0.837. The molecule has 0 heterocycles. The van der Waals surface area contributed by atoms with Gasteiger partial charge in [-0.15, -0.1) is 0 Å². The summed E-state index contributed by atoms with van der Waals surface area (Å²) < 4.78 is 41.1. The van der Waals surface area contributed by atoms with Crippen LogP contribution in [0, 0.1) is 0 Å². The second-order valence-corrected chi connectivity index (χ2v) is 28.2. The Balaban J connectivity index is 2.52. The molecule has 0 amide bonds. The summed E-state index contributed by atoms with van der Waals surface area (Å²) in [6, 6.07) is 8.85. The Morgan fingerprint density at radius 1 is 0.174 bits per heavy atom. The van der Waals surface area contributed by atoms with E-state index in [1.165, 1.54) is 347 Å². The van der Waals surface area contributed by atoms with Crippen molar-refractivity contribution < 1.29 is 28.4 Å². The number of hydrogen-bond donors (Lipinski definition) is 0. The highest BCUT2D eigenvalue weighted by Crippen LogP contribution is 2.42. The zero-order valence-electron chi connectivity index (χ0n) is 62.6. The average Bonchev–Trinajstić information content (AvgIpc) is 0.930. The second kappa shape index (κ2) is 67.9. The summed E-state index contributed by atoms with van der Waals surface area (Å²) in [6.45, 7) is 17.9. The lowest BCUT2D eigenvalue weighted by atomic mass is 10.1. The molecule has 0 aromatic heterocycles. The first kappa shape index (κ1) is 85.1. The van der Waals surface area contributed by atoms with Gasteiger partial charge in [-0.05, 0) is 73.9 Å². The third-order valence-electron chi connectivity index (χ3n) is 19.1. The fourth-order valence-electron chi connectivity index (χ4n) is 12.9. The van der Waals surface area contributed by atoms with Crippen LogP contribution in [-0.2, 0) is 0 Å². The molecular formula is C86H156O6. The van der Waals surface area contributed by atoms with Gasteiger partial charge in [-0.3, -0.25) is 0 Å². The van der Waals surface area contributed by atoms with E-state index < -0.39 is 0 Å². The Kier molecular flexibility index (Phi) is 62.8. The molecule has 2 aromatic rings. The smallest absolute Gasteiger partial charge is 0.203 e. The maximum atomic E-state index is 6.86. The Bertz CT molecular complexity index is 1630. The third-order valence-corrected chi connectivity index (χ3v) is 19.1. The lowest BCUT2D eigenvalue weighted by molar-refractivity contribution is 0.234. The third kappa shape index (κ3) is 51.3. The van der Waals surface area contributed by atoms with Gasteiger partial charge >= 0.3 is 0 Å². The molecule has 92 heavy (non-hydrogen) atoms. The van der Waals surface area contributed by atoms with Crippen molar-refractivity contribution >= 4 is 12.2 Å². The molecule has 0 N–H and O–H groups in total. The summed E-state index contributed by atoms with van der Waals surface area (Å²) in [4.78, 5) is 0. The number of unbranched alkanes of at least 4 members (excludes halogenated alkanes) is 54. The standard InChI is InChI=1S/C86H156O6/c1-7-13-19-25-31-37-43-49-55-61-69-87-81-75-79(76-82(88-70-62-56-50-44-38-32-26-20-14-8-2)85(81)91-73-65-59-53-47-41-35-29-23-17-11-5)67-68-80-77-83(89-71-63-57-51-45-39-33-27-21-15-9-3)86(92-74-66-60-54-48-42-36-30-24-18-12-6)84(78-80)90-72-64-58-52-46-40-34-28-22-16-10-4/h67-68,75-78H,7-66,69-74H2,1-6H3/b68-67+. The molecule has 0 saturated carbocycles. The van der Waals surface area contributed by atoms with E-state index in [0.717, 1.165) is 84.1 Å². The van der Waals surface area contributed by atoms with Crippen molar-refractivity contribution in [3.63, 3.8) is 0 Å². The Labute approximate surface area is 573 Å². The minimum Gasteiger partial charge on any atom is -0.490 e. The molecule has 0 aliphatic carbocycles. The molecule has 0 fully saturated rings. The SMILES string of the molecule is CCCCCCCCCCCCOc1cc(/C=C/c2cc(OCCCCCCCCCCCC)c(OCCCCCCCCCCCC)c(OCCCCCCCCCCCC)c2)cc(OCCCCCCCCCCCC)c1OCCCCCCCCCCCC. The highest BCUT2D eigenvalue weighted by molar-refractivity contribution is 5.75. The van der Waals surface area contributed by atoms with Gasteiger partial charge in [-0.1, -0.05) is 400 Å². The minimum absolute atomic E-state index is 0.673. The molecule has 0 spiro atoms. The van der Waals surface area contributed by atoms with Gasteiger partial charge in [0.05, 0.1) is 39.6 Å². The van der Waals surface area contributed by atoms with Gasteiger partial charge < -0.3 is 28.4 Å². The predicted octanol–water partition coefficient (Wildman–Crippen LogP) is 29.7. The van der Waals surface area contributed by atoms with Crippen LogP contribution in [0.5, 0.6) is 34.5 Å². The molecule has 2 aromatic carbocycles. The first-order valence-corrected chi connectivity index (χ1v) is 41.4. The maximum Gasteiger partial charge on any atom is 0.203 e. The van der Waals surface area contributed by atoms with Crippen molar-refractivity contribution in [3.05, 3.63) is 35.4 Å². The first-order chi connectivity index (χ1) is 45.6. The molecule has 0 radical (unpaired) electrons. The second-order valence-electron chi connectivity index (χ2n) is 28.2. The summed E-state index contributed by atoms with van der Waals surface area (Å²) in [5.74, 6) is 4.81. The Morgan fingerprint density at radius 3 is 0.457 bits per heavy atom. The topological polar surface area (TPSA) is 55.4 Å². The van der Waals surface area contributed by atoms with Gasteiger partial charge in [0.15, 0.2) is 23.0 Å². The van der Waals surface area contributed by atoms with Gasteiger partial charge in [0, 0.05) is 0 Å². The van der Waals surface area contributed by atoms with Crippen LogP contribution in [0.4, 0.5) is 0 Å². The lowest BCUT2D eigenvalue weighted by Gasteiger charge is -2.19. The number of hydrogen-bond acceptors (Lipinski definition) is 6. The van der Waals surface area contributed by atoms with Crippen molar-refractivity contribution in [2.75, 3.05) is 39.6 Å². The van der Waals surface area contributed by atoms with Crippen LogP contribution < -0.4 is 28.4 Å². The van der Waals surface area contributed by atoms with Crippen LogP contribution in [-0.4, -0.2) is 39.6 Å². The molecule has 6 nitrogen and oxygen atoms in total. The molecular weight excluding hydrogens is 1130 g/mol. The van der Waals surface area contributed by atoms with Crippen LogP contribution in [0.3, 0.4) is 0 Å². The monoisotopic (exact) mass is 1290 g/mol. The summed E-state index contributed by atoms with van der Waals surface area (Å²) in [5, 5.41) is 0. The highest BCUT2D eigenvalue weighted by Gasteiger charge is 2.19. The van der Waals surface area contributed by atoms with E-state index >= 15 is 0 Å². The van der Waals surface area contributed by atoms with Crippen LogP contribution >= 0.6 is 0 Å². The van der Waals surface area contributed by atoms with Gasteiger partial charge in [0.2, 0.25) is 11.5 Å². The van der Waals surface area contributed by atoms with Crippen LogP contribution in [0.25, 0.3) is 12.2 Å². The van der Waals surface area contributed by atoms with Crippen molar-refractivity contribution in [1.82, 2.24) is 0 Å². The van der Waals surface area contributed by atoms with Gasteiger partial charge in [-0.2, -0.15) is 0 Å². The maximum absolute atomic E-state index is 6.86. The highest BCUT2D eigenvalue weighted by atomic mass is 16.5. The minimum atomic E-state index is 0.673. The van der Waals surface area contributed by atoms with Gasteiger partial charge in [0.1, 0.15) is 0 Å². The Hall–Kier alpha value is -3.02. The van der Waals surface area contributed by atoms with Gasteiger partial charge in [0.25, 0.3) is 0 Å². The molecule has 0 saturated heterocycles. The van der Waals surface area contributed by atoms with E-state index in [1.54, 1.807) is 0 Å². The number of benzene rings is 2. The van der Waals surface area contributed by atoms with Crippen LogP contribution in [0.2, 0.25) is 0 Å². The quantitative estimate of drug-likeness (QED) is 0.0486. The van der Waals surface area contributed by atoms with Crippen LogP contribution in [0.15, 0.2) is 24.3 Å². The molecule has 2 rings (SSSR count). The van der Waals surface area contributed by atoms with Gasteiger partial charge in [-0.25, -0.2) is 0 Å². The van der Waals surface area contributed by atoms with E-state index in [9.17, 15) is 0 Å². The first-order valence-electron chi connectivity index (χ1n) is 41.4. The van der Waals surface area contributed by atoms with Crippen molar-refractivity contribution in [1.29, 1.82) is 0 Å². The summed E-state index contributed by atoms with van der Waals surface area (Å²) >= 11 is 0. The van der Waals surface area contributed by atoms with Crippen molar-refractivity contribution in [2.24, 2.45) is 0 Å². The van der Waals surface area contributed by atoms with Crippen LogP contribution in [0.1, 0.15) is 438 Å².